The number of carbonyl (C=O) groups excluding carboxylic acids is 1. The number of anilines is 2. The molecule has 0 fully saturated rings. The fraction of sp³-hybridized carbons (Fsp3) is 0.0357. The molecule has 4 nitrogen and oxygen atoms in total. The molecule has 4 aromatic carbocycles. The van der Waals surface area contributed by atoms with Crippen molar-refractivity contribution in [2.45, 2.75) is 0 Å². The summed E-state index contributed by atoms with van der Waals surface area (Å²) in [5, 5.41) is 4.51. The highest BCUT2D eigenvalue weighted by Gasteiger charge is 2.14. The van der Waals surface area contributed by atoms with Gasteiger partial charge in [0, 0.05) is 17.3 Å². The van der Waals surface area contributed by atoms with Gasteiger partial charge in [-0.25, -0.2) is 4.79 Å². The number of ether oxygens (including phenoxy) is 1. The highest BCUT2D eigenvalue weighted by molar-refractivity contribution is 6.00. The van der Waals surface area contributed by atoms with Crippen molar-refractivity contribution in [3.63, 3.8) is 0 Å². The van der Waals surface area contributed by atoms with E-state index in [0.717, 1.165) is 22.3 Å². The second-order valence-electron chi connectivity index (χ2n) is 7.50. The lowest BCUT2D eigenvalue weighted by molar-refractivity contribution is 0.0602. The van der Waals surface area contributed by atoms with Crippen molar-refractivity contribution in [1.29, 1.82) is 0 Å². The first kappa shape index (κ1) is 19.6. The van der Waals surface area contributed by atoms with Crippen LogP contribution < -0.4 is 5.32 Å². The third kappa shape index (κ3) is 3.63. The molecule has 0 unspecified atom stereocenters. The molecule has 0 spiro atoms. The molecule has 1 aromatic heterocycles. The number of hydrogen-bond donors (Lipinski definition) is 1. The van der Waals surface area contributed by atoms with Crippen LogP contribution in [0.3, 0.4) is 0 Å². The SMILES string of the molecule is COC(=O)c1ccccc1Nc1cn(-c2ccc(-c3ccccc3)cc2)c2ccccc12. The number of fused-ring (bicyclic) bond motifs is 1. The van der Waals surface area contributed by atoms with E-state index < -0.39 is 0 Å². The number of nitrogens with zero attached hydrogens (tertiary/aromatic N) is 1. The van der Waals surface area contributed by atoms with Gasteiger partial charge in [0.15, 0.2) is 0 Å². The summed E-state index contributed by atoms with van der Waals surface area (Å²) in [6.45, 7) is 0. The van der Waals surface area contributed by atoms with Crippen LogP contribution in [0, 0.1) is 0 Å². The molecule has 0 aliphatic rings. The van der Waals surface area contributed by atoms with Gasteiger partial charge in [0.05, 0.1) is 29.6 Å². The average molecular weight is 418 g/mol. The minimum Gasteiger partial charge on any atom is -0.465 e. The van der Waals surface area contributed by atoms with E-state index in [4.69, 9.17) is 4.74 Å². The van der Waals surface area contributed by atoms with Crippen LogP contribution in [0.1, 0.15) is 10.4 Å². The first-order chi connectivity index (χ1) is 15.7. The minimum atomic E-state index is -0.367. The van der Waals surface area contributed by atoms with E-state index in [0.29, 0.717) is 11.3 Å². The summed E-state index contributed by atoms with van der Waals surface area (Å²) in [4.78, 5) is 12.2. The Balaban J connectivity index is 1.55. The molecule has 156 valence electrons. The Labute approximate surface area is 186 Å². The Bertz CT molecular complexity index is 1390. The molecule has 0 saturated heterocycles. The third-order valence-corrected chi connectivity index (χ3v) is 5.57. The highest BCUT2D eigenvalue weighted by Crippen LogP contribution is 2.32. The molecule has 1 heterocycles. The van der Waals surface area contributed by atoms with E-state index in [1.807, 2.05) is 48.5 Å². The first-order valence-corrected chi connectivity index (χ1v) is 10.4. The molecule has 32 heavy (non-hydrogen) atoms. The predicted octanol–water partition coefficient (Wildman–Crippen LogP) is 6.83. The van der Waals surface area contributed by atoms with E-state index in [1.165, 1.54) is 18.2 Å². The highest BCUT2D eigenvalue weighted by atomic mass is 16.5. The third-order valence-electron chi connectivity index (χ3n) is 5.57. The van der Waals surface area contributed by atoms with Gasteiger partial charge in [0.2, 0.25) is 0 Å². The van der Waals surface area contributed by atoms with Gasteiger partial charge in [0.1, 0.15) is 0 Å². The molecule has 5 aromatic rings. The van der Waals surface area contributed by atoms with Crippen molar-refractivity contribution in [3.8, 4) is 16.8 Å². The first-order valence-electron chi connectivity index (χ1n) is 10.4. The fourth-order valence-electron chi connectivity index (χ4n) is 3.96. The summed E-state index contributed by atoms with van der Waals surface area (Å²) in [5.41, 5.74) is 6.65. The molecule has 5 rings (SSSR count). The molecule has 0 aliphatic heterocycles. The van der Waals surface area contributed by atoms with Gasteiger partial charge in [0.25, 0.3) is 0 Å². The van der Waals surface area contributed by atoms with Crippen molar-refractivity contribution in [1.82, 2.24) is 4.57 Å². The zero-order valence-corrected chi connectivity index (χ0v) is 17.7. The second-order valence-corrected chi connectivity index (χ2v) is 7.50. The predicted molar refractivity (Wildman–Crippen MR) is 130 cm³/mol. The fourth-order valence-corrected chi connectivity index (χ4v) is 3.96. The zero-order valence-electron chi connectivity index (χ0n) is 17.7. The molecule has 1 N–H and O–H groups in total. The van der Waals surface area contributed by atoms with Crippen LogP contribution in [0.15, 0.2) is 109 Å². The molecule has 0 bridgehead atoms. The normalized spacial score (nSPS) is 10.8. The summed E-state index contributed by atoms with van der Waals surface area (Å²) in [5.74, 6) is -0.367. The number of carbonyl (C=O) groups is 1. The van der Waals surface area contributed by atoms with Crippen LogP contribution in [0.25, 0.3) is 27.7 Å². The lowest BCUT2D eigenvalue weighted by Gasteiger charge is -2.10. The van der Waals surface area contributed by atoms with Gasteiger partial charge >= 0.3 is 5.97 Å². The van der Waals surface area contributed by atoms with Crippen LogP contribution in [0.5, 0.6) is 0 Å². The summed E-state index contributed by atoms with van der Waals surface area (Å²) < 4.78 is 7.10. The Kier molecular flexibility index (Phi) is 5.18. The van der Waals surface area contributed by atoms with Crippen molar-refractivity contribution in [2.75, 3.05) is 12.4 Å². The van der Waals surface area contributed by atoms with Crippen molar-refractivity contribution in [2.24, 2.45) is 0 Å². The maximum Gasteiger partial charge on any atom is 0.339 e. The largest absolute Gasteiger partial charge is 0.465 e. The molecular formula is C28H22N2O2. The smallest absolute Gasteiger partial charge is 0.339 e. The Morgan fingerprint density at radius 3 is 2.16 bits per heavy atom. The average Bonchev–Trinajstić information content (AvgIpc) is 3.23. The van der Waals surface area contributed by atoms with Crippen molar-refractivity contribution >= 4 is 28.2 Å². The summed E-state index contributed by atoms with van der Waals surface area (Å²) in [6.07, 6.45) is 2.07. The van der Waals surface area contributed by atoms with Crippen LogP contribution in [-0.4, -0.2) is 17.6 Å². The summed E-state index contributed by atoms with van der Waals surface area (Å²) in [6, 6.07) is 34.5. The van der Waals surface area contributed by atoms with Crippen molar-refractivity contribution < 1.29 is 9.53 Å². The number of hydrogen-bond acceptors (Lipinski definition) is 3. The summed E-state index contributed by atoms with van der Waals surface area (Å²) >= 11 is 0. The van der Waals surface area contributed by atoms with Gasteiger partial charge in [-0.05, 0) is 41.5 Å². The molecule has 0 atom stereocenters. The molecule has 0 radical (unpaired) electrons. The number of nitrogens with one attached hydrogen (secondary N) is 1. The standard InChI is InChI=1S/C28H22N2O2/c1-32-28(31)24-12-5-7-13-25(24)29-26-19-30(27-14-8-6-11-23(26)27)22-17-15-21(16-18-22)20-9-3-2-4-10-20/h2-19,29H,1H3. The van der Waals surface area contributed by atoms with E-state index in [2.05, 4.69) is 64.6 Å². The number of esters is 1. The van der Waals surface area contributed by atoms with Gasteiger partial charge in [-0.3, -0.25) is 0 Å². The second kappa shape index (κ2) is 8.44. The van der Waals surface area contributed by atoms with Gasteiger partial charge < -0.3 is 14.6 Å². The minimum absolute atomic E-state index is 0.367. The van der Waals surface area contributed by atoms with Crippen LogP contribution in [0.4, 0.5) is 11.4 Å². The Hall–Kier alpha value is -4.31. The van der Waals surface area contributed by atoms with E-state index in [1.54, 1.807) is 6.07 Å². The van der Waals surface area contributed by atoms with Gasteiger partial charge in [-0.1, -0.05) is 72.8 Å². The summed E-state index contributed by atoms with van der Waals surface area (Å²) in [7, 11) is 1.39. The molecular weight excluding hydrogens is 396 g/mol. The number of methoxy groups -OCH3 is 1. The van der Waals surface area contributed by atoms with E-state index >= 15 is 0 Å². The van der Waals surface area contributed by atoms with Crippen LogP contribution in [0.2, 0.25) is 0 Å². The Morgan fingerprint density at radius 2 is 1.38 bits per heavy atom. The lowest BCUT2D eigenvalue weighted by atomic mass is 10.1. The number of benzene rings is 4. The molecule has 4 heteroatoms. The van der Waals surface area contributed by atoms with E-state index in [9.17, 15) is 4.79 Å². The molecule has 0 saturated carbocycles. The van der Waals surface area contributed by atoms with Crippen LogP contribution >= 0.6 is 0 Å². The van der Waals surface area contributed by atoms with Gasteiger partial charge in [-0.2, -0.15) is 0 Å². The lowest BCUT2D eigenvalue weighted by Crippen LogP contribution is -2.05. The molecule has 0 amide bonds. The van der Waals surface area contributed by atoms with Crippen molar-refractivity contribution in [3.05, 3.63) is 115 Å². The topological polar surface area (TPSA) is 43.3 Å². The maximum absolute atomic E-state index is 12.2. The Morgan fingerprint density at radius 1 is 0.719 bits per heavy atom. The molecule has 0 aliphatic carbocycles. The van der Waals surface area contributed by atoms with E-state index in [-0.39, 0.29) is 5.97 Å². The number of para-hydroxylation sites is 2. The van der Waals surface area contributed by atoms with Gasteiger partial charge in [-0.15, -0.1) is 0 Å². The number of rotatable bonds is 5. The zero-order chi connectivity index (χ0) is 21.9. The maximum atomic E-state index is 12.2. The van der Waals surface area contributed by atoms with Crippen LogP contribution in [-0.2, 0) is 4.74 Å². The monoisotopic (exact) mass is 418 g/mol. The quantitative estimate of drug-likeness (QED) is 0.318. The number of aromatic nitrogens is 1.